The number of carbonyl (C=O) groups excluding carboxylic acids is 2. The number of allylic oxidation sites excluding steroid dienone is 1. The van der Waals surface area contributed by atoms with Crippen molar-refractivity contribution in [1.29, 1.82) is 0 Å². The number of fused-ring (bicyclic) bond motifs is 1. The number of para-hydroxylation sites is 1. The molecular formula is C27H31N5O2S. The van der Waals surface area contributed by atoms with Gasteiger partial charge in [-0.3, -0.25) is 9.59 Å². The highest BCUT2D eigenvalue weighted by Crippen LogP contribution is 2.42. The monoisotopic (exact) mass is 489 g/mol. The van der Waals surface area contributed by atoms with Crippen molar-refractivity contribution in [2.24, 2.45) is 5.10 Å². The van der Waals surface area contributed by atoms with Crippen molar-refractivity contribution in [3.63, 3.8) is 0 Å². The molecule has 7 nitrogen and oxygen atoms in total. The van der Waals surface area contributed by atoms with E-state index in [1.54, 1.807) is 11.8 Å². The maximum Gasteiger partial charge on any atom is 0.275 e. The number of nitrogens with one attached hydrogen (secondary N) is 3. The number of amides is 2. The lowest BCUT2D eigenvalue weighted by atomic mass is 10.0. The summed E-state index contributed by atoms with van der Waals surface area (Å²) in [6.07, 6.45) is 5.00. The minimum absolute atomic E-state index is 0.0258. The van der Waals surface area contributed by atoms with Gasteiger partial charge < -0.3 is 15.5 Å². The van der Waals surface area contributed by atoms with Gasteiger partial charge in [0.2, 0.25) is 5.91 Å². The van der Waals surface area contributed by atoms with Crippen molar-refractivity contribution < 1.29 is 9.59 Å². The van der Waals surface area contributed by atoms with Crippen molar-refractivity contribution in [1.82, 2.24) is 10.3 Å². The molecule has 0 radical (unpaired) electrons. The number of anilines is 2. The van der Waals surface area contributed by atoms with Crippen molar-refractivity contribution in [2.75, 3.05) is 31.3 Å². The lowest BCUT2D eigenvalue weighted by molar-refractivity contribution is -0.117. The molecule has 0 aliphatic carbocycles. The standard InChI is InChI=1S/C27H31N5O2S/c1-4-8-22-26(27(34)31-30-22)23-17-24(20-9-5-6-10-21(20)29-23)35-19-14-12-18(13-15-19)28-25(33)11-7-16-32(2)3/h5-6,9-10,12-15,17,29H,4,7-8,11,16H2,1-3H3,(H,28,33)(H,31,34). The molecule has 0 fully saturated rings. The molecule has 0 aromatic heterocycles. The van der Waals surface area contributed by atoms with E-state index in [2.05, 4.69) is 39.1 Å². The molecule has 0 unspecified atom stereocenters. The Balaban J connectivity index is 1.53. The molecule has 0 saturated heterocycles. The van der Waals surface area contributed by atoms with Crippen LogP contribution in [0.15, 0.2) is 75.9 Å². The summed E-state index contributed by atoms with van der Waals surface area (Å²) in [6.45, 7) is 2.96. The van der Waals surface area contributed by atoms with Gasteiger partial charge >= 0.3 is 0 Å². The molecule has 2 aliphatic rings. The van der Waals surface area contributed by atoms with Crippen LogP contribution in [0.5, 0.6) is 0 Å². The molecule has 2 heterocycles. The molecule has 3 N–H and O–H groups in total. The number of rotatable bonds is 9. The Hall–Kier alpha value is -3.36. The molecule has 4 rings (SSSR count). The number of thioether (sulfide) groups is 1. The Morgan fingerprint density at radius 1 is 1.11 bits per heavy atom. The minimum atomic E-state index is -0.179. The number of nitrogens with zero attached hydrogens (tertiary/aromatic N) is 2. The number of carbonyl (C=O) groups is 2. The number of hydrogen-bond donors (Lipinski definition) is 3. The summed E-state index contributed by atoms with van der Waals surface area (Å²) < 4.78 is 0. The number of benzene rings is 2. The van der Waals surface area contributed by atoms with Crippen LogP contribution >= 0.6 is 11.8 Å². The lowest BCUT2D eigenvalue weighted by Crippen LogP contribution is -2.19. The van der Waals surface area contributed by atoms with E-state index in [9.17, 15) is 9.59 Å². The van der Waals surface area contributed by atoms with Crippen LogP contribution in [0, 0.1) is 0 Å². The van der Waals surface area contributed by atoms with Gasteiger partial charge in [-0.15, -0.1) is 0 Å². The average Bonchev–Trinajstić information content (AvgIpc) is 3.20. The zero-order valence-corrected chi connectivity index (χ0v) is 21.2. The summed E-state index contributed by atoms with van der Waals surface area (Å²) in [6, 6.07) is 15.9. The summed E-state index contributed by atoms with van der Waals surface area (Å²) in [5.41, 5.74) is 7.57. The maximum atomic E-state index is 12.6. The molecular weight excluding hydrogens is 458 g/mol. The fourth-order valence-corrected chi connectivity index (χ4v) is 4.98. The minimum Gasteiger partial charge on any atom is -0.354 e. The van der Waals surface area contributed by atoms with Gasteiger partial charge in [0.1, 0.15) is 0 Å². The SMILES string of the molecule is CCCC1=NNC(=O)C1=C1C=C(Sc2ccc(NC(=O)CCCN(C)C)cc2)c2ccccc2N1. The van der Waals surface area contributed by atoms with E-state index in [1.807, 2.05) is 62.6 Å². The Bertz CT molecular complexity index is 1200. The molecule has 8 heteroatoms. The van der Waals surface area contributed by atoms with Gasteiger partial charge in [0, 0.05) is 33.2 Å². The first-order valence-electron chi connectivity index (χ1n) is 11.9. The molecule has 35 heavy (non-hydrogen) atoms. The topological polar surface area (TPSA) is 85.8 Å². The van der Waals surface area contributed by atoms with Gasteiger partial charge in [0.25, 0.3) is 5.91 Å². The summed E-state index contributed by atoms with van der Waals surface area (Å²) in [7, 11) is 4.01. The first kappa shape index (κ1) is 24.8. The van der Waals surface area contributed by atoms with E-state index in [0.29, 0.717) is 12.0 Å². The van der Waals surface area contributed by atoms with Gasteiger partial charge in [0.15, 0.2) is 0 Å². The van der Waals surface area contributed by atoms with Crippen LogP contribution < -0.4 is 16.1 Å². The summed E-state index contributed by atoms with van der Waals surface area (Å²) in [5, 5.41) is 10.6. The molecule has 0 saturated carbocycles. The van der Waals surface area contributed by atoms with Gasteiger partial charge in [-0.2, -0.15) is 5.10 Å². The second kappa shape index (κ2) is 11.4. The lowest BCUT2D eigenvalue weighted by Gasteiger charge is -2.22. The van der Waals surface area contributed by atoms with Crippen LogP contribution in [-0.4, -0.2) is 43.1 Å². The predicted molar refractivity (Wildman–Crippen MR) is 144 cm³/mol. The third kappa shape index (κ3) is 6.21. The predicted octanol–water partition coefficient (Wildman–Crippen LogP) is 5.07. The van der Waals surface area contributed by atoms with Gasteiger partial charge in [-0.25, -0.2) is 5.43 Å². The zero-order valence-electron chi connectivity index (χ0n) is 20.4. The van der Waals surface area contributed by atoms with Crippen LogP contribution in [0.2, 0.25) is 0 Å². The Morgan fingerprint density at radius 3 is 2.63 bits per heavy atom. The molecule has 0 atom stereocenters. The highest BCUT2D eigenvalue weighted by molar-refractivity contribution is 8.08. The second-order valence-electron chi connectivity index (χ2n) is 8.80. The Kier molecular flexibility index (Phi) is 8.05. The Morgan fingerprint density at radius 2 is 1.89 bits per heavy atom. The molecule has 2 aromatic carbocycles. The maximum absolute atomic E-state index is 12.6. The highest BCUT2D eigenvalue weighted by atomic mass is 32.2. The summed E-state index contributed by atoms with van der Waals surface area (Å²) in [4.78, 5) is 28.9. The van der Waals surface area contributed by atoms with Crippen molar-refractivity contribution in [3.8, 4) is 0 Å². The molecule has 2 aromatic rings. The van der Waals surface area contributed by atoms with Crippen LogP contribution in [0.3, 0.4) is 0 Å². The van der Waals surface area contributed by atoms with E-state index in [-0.39, 0.29) is 11.8 Å². The third-order valence-corrected chi connectivity index (χ3v) is 6.74. The molecule has 182 valence electrons. The Labute approximate surface area is 210 Å². The molecule has 0 bridgehead atoms. The third-order valence-electron chi connectivity index (χ3n) is 5.68. The van der Waals surface area contributed by atoms with Gasteiger partial charge in [-0.05, 0) is 69.9 Å². The molecule has 2 amide bonds. The fraction of sp³-hybridized carbons (Fsp3) is 0.296. The molecule has 2 aliphatic heterocycles. The van der Waals surface area contributed by atoms with E-state index < -0.39 is 0 Å². The van der Waals surface area contributed by atoms with Crippen LogP contribution in [-0.2, 0) is 9.59 Å². The fourth-order valence-electron chi connectivity index (χ4n) is 3.99. The van der Waals surface area contributed by atoms with Crippen molar-refractivity contribution >= 4 is 45.6 Å². The smallest absolute Gasteiger partial charge is 0.275 e. The van der Waals surface area contributed by atoms with E-state index in [1.165, 1.54) is 0 Å². The van der Waals surface area contributed by atoms with E-state index in [0.717, 1.165) is 64.0 Å². The van der Waals surface area contributed by atoms with Crippen LogP contribution in [0.4, 0.5) is 11.4 Å². The average molecular weight is 490 g/mol. The zero-order chi connectivity index (χ0) is 24.8. The van der Waals surface area contributed by atoms with E-state index >= 15 is 0 Å². The number of hydrazone groups is 1. The highest BCUT2D eigenvalue weighted by Gasteiger charge is 2.28. The van der Waals surface area contributed by atoms with E-state index in [4.69, 9.17) is 0 Å². The largest absolute Gasteiger partial charge is 0.354 e. The summed E-state index contributed by atoms with van der Waals surface area (Å²) in [5.74, 6) is -0.153. The van der Waals surface area contributed by atoms with Gasteiger partial charge in [-0.1, -0.05) is 43.3 Å². The first-order valence-corrected chi connectivity index (χ1v) is 12.7. The quantitative estimate of drug-likeness (QED) is 0.429. The van der Waals surface area contributed by atoms with Crippen LogP contribution in [0.1, 0.15) is 38.2 Å². The number of hydrogen-bond acceptors (Lipinski definition) is 6. The van der Waals surface area contributed by atoms with Crippen molar-refractivity contribution in [2.45, 2.75) is 37.5 Å². The summed E-state index contributed by atoms with van der Waals surface area (Å²) >= 11 is 1.63. The molecule has 0 spiro atoms. The second-order valence-corrected chi connectivity index (χ2v) is 9.91. The van der Waals surface area contributed by atoms with Gasteiger partial charge in [0.05, 0.1) is 17.0 Å². The first-order chi connectivity index (χ1) is 16.9. The normalized spacial score (nSPS) is 16.9. The van der Waals surface area contributed by atoms with Crippen LogP contribution in [0.25, 0.3) is 4.91 Å². The van der Waals surface area contributed by atoms with Crippen molar-refractivity contribution in [3.05, 3.63) is 71.4 Å².